The lowest BCUT2D eigenvalue weighted by molar-refractivity contribution is -0.137. The van der Waals surface area contributed by atoms with Crippen LogP contribution in [0.15, 0.2) is 23.7 Å². The molecular weight excluding hydrogens is 324 g/mol. The highest BCUT2D eigenvalue weighted by Crippen LogP contribution is 2.64. The number of allylic oxidation sites excluding steroid dienone is 3. The van der Waals surface area contributed by atoms with Crippen molar-refractivity contribution in [3.8, 4) is 0 Å². The predicted octanol–water partition coefficient (Wildman–Crippen LogP) is 5.66. The lowest BCUT2D eigenvalue weighted by atomic mass is 9.50. The van der Waals surface area contributed by atoms with Crippen LogP contribution >= 0.6 is 0 Å². The minimum atomic E-state index is -0.306. The first-order valence-electron chi connectivity index (χ1n) is 10.7. The molecule has 0 aromatic rings. The number of ether oxygens (including phenoxy) is 2. The van der Waals surface area contributed by atoms with Crippen molar-refractivity contribution in [3.05, 3.63) is 23.7 Å². The summed E-state index contributed by atoms with van der Waals surface area (Å²) in [5.74, 6) is 3.90. The molecule has 1 saturated heterocycles. The summed E-state index contributed by atoms with van der Waals surface area (Å²) in [6, 6.07) is 0. The fraction of sp³-hybridized carbons (Fsp3) is 0.783. The van der Waals surface area contributed by atoms with Gasteiger partial charge in [0.1, 0.15) is 5.76 Å². The molecule has 3 nitrogen and oxygen atoms in total. The van der Waals surface area contributed by atoms with E-state index < -0.39 is 0 Å². The Morgan fingerprint density at radius 1 is 1.27 bits per heavy atom. The molecule has 0 amide bonds. The topological polar surface area (TPSA) is 35.5 Å². The zero-order chi connectivity index (χ0) is 18.9. The van der Waals surface area contributed by atoms with Crippen molar-refractivity contribution in [2.45, 2.75) is 78.7 Å². The molecule has 26 heavy (non-hydrogen) atoms. The van der Waals surface area contributed by atoms with Crippen molar-refractivity contribution in [1.29, 1.82) is 0 Å². The quantitative estimate of drug-likeness (QED) is 0.524. The maximum absolute atomic E-state index is 13.0. The van der Waals surface area contributed by atoms with Crippen LogP contribution in [0.2, 0.25) is 0 Å². The molecule has 6 atom stereocenters. The standard InChI is InChI=1S/C23H36O3/c1-6-8-9-10-13-23-16(4)15(3)14-17-11-12-19(25-5)21(20(17)23)26-22(23)18(24)7-2/h11-12,15-17,20,22H,6-10,13-14H2,1-5H3. The Hall–Kier alpha value is -1.25. The molecule has 146 valence electrons. The summed E-state index contributed by atoms with van der Waals surface area (Å²) in [5, 5.41) is 0. The summed E-state index contributed by atoms with van der Waals surface area (Å²) in [4.78, 5) is 13.0. The molecule has 1 aliphatic heterocycles. The van der Waals surface area contributed by atoms with Crippen LogP contribution in [-0.2, 0) is 14.3 Å². The summed E-state index contributed by atoms with van der Waals surface area (Å²) in [6.07, 6.45) is 11.8. The molecule has 1 heterocycles. The molecule has 3 rings (SSSR count). The fourth-order valence-electron chi connectivity index (χ4n) is 5.92. The van der Waals surface area contributed by atoms with Gasteiger partial charge in [0, 0.05) is 17.8 Å². The van der Waals surface area contributed by atoms with E-state index in [0.29, 0.717) is 30.1 Å². The van der Waals surface area contributed by atoms with Crippen LogP contribution in [0.1, 0.15) is 72.6 Å². The molecule has 6 unspecified atom stereocenters. The Labute approximate surface area is 159 Å². The monoisotopic (exact) mass is 360 g/mol. The number of ketones is 1. The van der Waals surface area contributed by atoms with Crippen LogP contribution in [0, 0.1) is 29.1 Å². The van der Waals surface area contributed by atoms with Crippen LogP contribution in [0.5, 0.6) is 0 Å². The van der Waals surface area contributed by atoms with E-state index in [2.05, 4.69) is 32.9 Å². The second kappa shape index (κ2) is 7.78. The molecule has 0 aromatic heterocycles. The van der Waals surface area contributed by atoms with Crippen molar-refractivity contribution >= 4 is 5.78 Å². The highest BCUT2D eigenvalue weighted by molar-refractivity contribution is 5.84. The van der Waals surface area contributed by atoms with Gasteiger partial charge in [-0.1, -0.05) is 59.5 Å². The number of hydrogen-bond donors (Lipinski definition) is 0. The molecule has 0 aromatic carbocycles. The summed E-state index contributed by atoms with van der Waals surface area (Å²) < 4.78 is 12.1. The van der Waals surface area contributed by atoms with Gasteiger partial charge in [0.05, 0.1) is 7.11 Å². The van der Waals surface area contributed by atoms with Gasteiger partial charge in [0.2, 0.25) is 0 Å². The first-order chi connectivity index (χ1) is 12.5. The van der Waals surface area contributed by atoms with Gasteiger partial charge in [-0.05, 0) is 36.7 Å². The van der Waals surface area contributed by atoms with Gasteiger partial charge in [0.15, 0.2) is 17.6 Å². The zero-order valence-corrected chi connectivity index (χ0v) is 17.2. The minimum Gasteiger partial charge on any atom is -0.493 e. The van der Waals surface area contributed by atoms with Crippen LogP contribution < -0.4 is 0 Å². The Morgan fingerprint density at radius 2 is 2.04 bits per heavy atom. The van der Waals surface area contributed by atoms with E-state index in [9.17, 15) is 4.79 Å². The van der Waals surface area contributed by atoms with Gasteiger partial charge in [-0.3, -0.25) is 4.79 Å². The normalized spacial score (nSPS) is 38.1. The SMILES string of the molecule is CCCCCCC12C(C(=O)CC)OC3=C(OC)C=CC(CC(C)C1C)C32. The van der Waals surface area contributed by atoms with Crippen LogP contribution in [0.3, 0.4) is 0 Å². The Morgan fingerprint density at radius 3 is 2.69 bits per heavy atom. The maximum atomic E-state index is 13.0. The average molecular weight is 361 g/mol. The number of methoxy groups -OCH3 is 1. The lowest BCUT2D eigenvalue weighted by Gasteiger charge is -2.51. The molecule has 3 aliphatic rings. The Kier molecular flexibility index (Phi) is 5.84. The third-order valence-corrected chi connectivity index (χ3v) is 7.43. The molecule has 0 bridgehead atoms. The van der Waals surface area contributed by atoms with Gasteiger partial charge in [-0.25, -0.2) is 0 Å². The number of carbonyl (C=O) groups is 1. The highest BCUT2D eigenvalue weighted by Gasteiger charge is 2.65. The van der Waals surface area contributed by atoms with E-state index in [0.717, 1.165) is 17.9 Å². The van der Waals surface area contributed by atoms with E-state index in [1.54, 1.807) is 7.11 Å². The molecule has 2 aliphatic carbocycles. The van der Waals surface area contributed by atoms with Gasteiger partial charge in [-0.15, -0.1) is 0 Å². The molecule has 0 radical (unpaired) electrons. The van der Waals surface area contributed by atoms with Crippen LogP contribution in [0.4, 0.5) is 0 Å². The van der Waals surface area contributed by atoms with Crippen molar-refractivity contribution in [1.82, 2.24) is 0 Å². The average Bonchev–Trinajstić information content (AvgIpc) is 3.00. The smallest absolute Gasteiger partial charge is 0.173 e. The fourth-order valence-corrected chi connectivity index (χ4v) is 5.92. The lowest BCUT2D eigenvalue weighted by Crippen LogP contribution is -2.53. The second-order valence-electron chi connectivity index (χ2n) is 8.68. The number of rotatable bonds is 8. The molecule has 2 fully saturated rings. The summed E-state index contributed by atoms with van der Waals surface area (Å²) in [7, 11) is 1.71. The van der Waals surface area contributed by atoms with Crippen molar-refractivity contribution in [2.24, 2.45) is 29.1 Å². The molecule has 3 heteroatoms. The van der Waals surface area contributed by atoms with Gasteiger partial charge in [0.25, 0.3) is 0 Å². The summed E-state index contributed by atoms with van der Waals surface area (Å²) >= 11 is 0. The first kappa shape index (κ1) is 19.5. The number of hydrogen-bond acceptors (Lipinski definition) is 3. The molecular formula is C23H36O3. The third-order valence-electron chi connectivity index (χ3n) is 7.43. The first-order valence-corrected chi connectivity index (χ1v) is 10.7. The Bertz CT molecular complexity index is 590. The van der Waals surface area contributed by atoms with Gasteiger partial charge in [-0.2, -0.15) is 0 Å². The van der Waals surface area contributed by atoms with Crippen LogP contribution in [0.25, 0.3) is 0 Å². The van der Waals surface area contributed by atoms with E-state index in [-0.39, 0.29) is 17.3 Å². The number of Topliss-reactive ketones (excluding diaryl/α,β-unsaturated/α-hetero) is 1. The largest absolute Gasteiger partial charge is 0.493 e. The summed E-state index contributed by atoms with van der Waals surface area (Å²) in [6.45, 7) is 8.95. The van der Waals surface area contributed by atoms with E-state index in [4.69, 9.17) is 9.47 Å². The third kappa shape index (κ3) is 2.92. The van der Waals surface area contributed by atoms with Crippen LogP contribution in [-0.4, -0.2) is 19.0 Å². The molecule has 0 spiro atoms. The van der Waals surface area contributed by atoms with Gasteiger partial charge >= 0.3 is 0 Å². The minimum absolute atomic E-state index is 0.0763. The zero-order valence-electron chi connectivity index (χ0n) is 17.2. The number of unbranched alkanes of at least 4 members (excludes halogenated alkanes) is 3. The molecule has 0 N–H and O–H groups in total. The maximum Gasteiger partial charge on any atom is 0.173 e. The second-order valence-corrected chi connectivity index (χ2v) is 8.68. The Balaban J connectivity index is 2.05. The van der Waals surface area contributed by atoms with Crippen molar-refractivity contribution in [3.63, 3.8) is 0 Å². The van der Waals surface area contributed by atoms with E-state index >= 15 is 0 Å². The predicted molar refractivity (Wildman–Crippen MR) is 104 cm³/mol. The number of carbonyl (C=O) groups excluding carboxylic acids is 1. The van der Waals surface area contributed by atoms with E-state index in [1.807, 2.05) is 6.92 Å². The van der Waals surface area contributed by atoms with Gasteiger partial charge < -0.3 is 9.47 Å². The van der Waals surface area contributed by atoms with Crippen molar-refractivity contribution < 1.29 is 14.3 Å². The summed E-state index contributed by atoms with van der Waals surface area (Å²) in [5.41, 5.74) is -0.0763. The highest BCUT2D eigenvalue weighted by atomic mass is 16.5. The van der Waals surface area contributed by atoms with Crippen molar-refractivity contribution in [2.75, 3.05) is 7.11 Å². The van der Waals surface area contributed by atoms with E-state index in [1.165, 1.54) is 32.1 Å². The molecule has 1 saturated carbocycles.